The minimum atomic E-state index is -0.216. The number of carbonyl (C=O) groups excluding carboxylic acids is 1. The van der Waals surface area contributed by atoms with Crippen molar-refractivity contribution in [3.63, 3.8) is 0 Å². The van der Waals surface area contributed by atoms with Gasteiger partial charge >= 0.3 is 0 Å². The monoisotopic (exact) mass is 260 g/mol. The average molecular weight is 260 g/mol. The number of furan rings is 1. The molecular formula is C12H8N2O3S. The first-order valence-corrected chi connectivity index (χ1v) is 6.06. The zero-order valence-corrected chi connectivity index (χ0v) is 9.94. The van der Waals surface area contributed by atoms with Crippen molar-refractivity contribution in [1.29, 1.82) is 0 Å². The Morgan fingerprint density at radius 3 is 3.00 bits per heavy atom. The Hall–Kier alpha value is -2.34. The van der Waals surface area contributed by atoms with E-state index in [1.54, 1.807) is 30.5 Å². The van der Waals surface area contributed by atoms with Crippen LogP contribution in [0.4, 0.5) is 5.88 Å². The molecule has 0 aliphatic carbocycles. The number of nitrogens with zero attached hydrogens (tertiary/aromatic N) is 1. The molecule has 1 amide bonds. The summed E-state index contributed by atoms with van der Waals surface area (Å²) < 4.78 is 10.2. The quantitative estimate of drug-likeness (QED) is 0.784. The Labute approximate surface area is 106 Å². The third-order valence-corrected chi connectivity index (χ3v) is 3.13. The van der Waals surface area contributed by atoms with Crippen LogP contribution in [0.2, 0.25) is 0 Å². The standard InChI is InChI=1S/C12H8N2O3S/c15-12(10-4-2-6-18-10)13-11-7-8(14-17-11)9-3-1-5-16-9/h1-7H,(H,13,15). The predicted molar refractivity (Wildman–Crippen MR) is 66.5 cm³/mol. The van der Waals surface area contributed by atoms with Crippen molar-refractivity contribution in [3.8, 4) is 11.5 Å². The Kier molecular flexibility index (Phi) is 2.70. The fourth-order valence-corrected chi connectivity index (χ4v) is 2.07. The molecule has 3 rings (SSSR count). The maximum atomic E-state index is 11.8. The fourth-order valence-electron chi connectivity index (χ4n) is 1.46. The SMILES string of the molecule is O=C(Nc1cc(-c2ccco2)no1)c1cccs1. The first-order valence-electron chi connectivity index (χ1n) is 5.18. The third-order valence-electron chi connectivity index (χ3n) is 2.27. The number of amides is 1. The molecule has 0 aliphatic heterocycles. The summed E-state index contributed by atoms with van der Waals surface area (Å²) in [6.07, 6.45) is 1.55. The fraction of sp³-hybridized carbons (Fsp3) is 0. The van der Waals surface area contributed by atoms with Crippen molar-refractivity contribution in [2.45, 2.75) is 0 Å². The van der Waals surface area contributed by atoms with Gasteiger partial charge in [-0.15, -0.1) is 11.3 Å². The molecule has 3 aromatic rings. The van der Waals surface area contributed by atoms with Gasteiger partial charge in [-0.25, -0.2) is 0 Å². The van der Waals surface area contributed by atoms with Gasteiger partial charge in [0.2, 0.25) is 5.88 Å². The Bertz CT molecular complexity index is 641. The van der Waals surface area contributed by atoms with Crippen LogP contribution in [-0.4, -0.2) is 11.1 Å². The van der Waals surface area contributed by atoms with Gasteiger partial charge < -0.3 is 8.94 Å². The number of anilines is 1. The molecule has 6 heteroatoms. The highest BCUT2D eigenvalue weighted by molar-refractivity contribution is 7.12. The van der Waals surface area contributed by atoms with E-state index in [1.165, 1.54) is 11.3 Å². The number of carbonyl (C=O) groups is 1. The van der Waals surface area contributed by atoms with Gasteiger partial charge in [0.1, 0.15) is 0 Å². The van der Waals surface area contributed by atoms with Crippen molar-refractivity contribution in [2.24, 2.45) is 0 Å². The zero-order valence-electron chi connectivity index (χ0n) is 9.12. The number of thiophene rings is 1. The summed E-state index contributed by atoms with van der Waals surface area (Å²) in [5.41, 5.74) is 0.543. The minimum Gasteiger partial charge on any atom is -0.463 e. The summed E-state index contributed by atoms with van der Waals surface area (Å²) in [6, 6.07) is 8.69. The van der Waals surface area contributed by atoms with Crippen molar-refractivity contribution in [3.05, 3.63) is 46.9 Å². The molecule has 90 valence electrons. The van der Waals surface area contributed by atoms with Gasteiger partial charge in [-0.1, -0.05) is 11.2 Å². The van der Waals surface area contributed by atoms with Gasteiger partial charge in [0, 0.05) is 6.07 Å². The average Bonchev–Trinajstić information content (AvgIpc) is 3.12. The summed E-state index contributed by atoms with van der Waals surface area (Å²) in [5, 5.41) is 8.28. The molecule has 0 aromatic carbocycles. The second-order valence-electron chi connectivity index (χ2n) is 3.49. The molecule has 0 radical (unpaired) electrons. The van der Waals surface area contributed by atoms with Gasteiger partial charge in [-0.05, 0) is 23.6 Å². The highest BCUT2D eigenvalue weighted by Crippen LogP contribution is 2.22. The third kappa shape index (κ3) is 2.05. The van der Waals surface area contributed by atoms with Crippen LogP contribution in [0.1, 0.15) is 9.67 Å². The molecule has 0 saturated heterocycles. The first kappa shape index (κ1) is 10.8. The van der Waals surface area contributed by atoms with E-state index in [-0.39, 0.29) is 5.91 Å². The number of hydrogen-bond acceptors (Lipinski definition) is 5. The Morgan fingerprint density at radius 2 is 2.28 bits per heavy atom. The van der Waals surface area contributed by atoms with Gasteiger partial charge in [0.25, 0.3) is 5.91 Å². The van der Waals surface area contributed by atoms with Crippen molar-refractivity contribution >= 4 is 23.1 Å². The summed E-state index contributed by atoms with van der Waals surface area (Å²) in [4.78, 5) is 12.4. The Morgan fingerprint density at radius 1 is 1.33 bits per heavy atom. The van der Waals surface area contributed by atoms with Crippen LogP contribution in [0.3, 0.4) is 0 Å². The molecule has 0 fully saturated rings. The van der Waals surface area contributed by atoms with Crippen LogP contribution in [0.25, 0.3) is 11.5 Å². The van der Waals surface area contributed by atoms with E-state index in [1.807, 2.05) is 11.4 Å². The molecule has 18 heavy (non-hydrogen) atoms. The normalized spacial score (nSPS) is 10.4. The van der Waals surface area contributed by atoms with E-state index in [2.05, 4.69) is 10.5 Å². The van der Waals surface area contributed by atoms with Crippen molar-refractivity contribution in [2.75, 3.05) is 5.32 Å². The van der Waals surface area contributed by atoms with E-state index in [0.717, 1.165) is 0 Å². The van der Waals surface area contributed by atoms with Crippen molar-refractivity contribution < 1.29 is 13.7 Å². The van der Waals surface area contributed by atoms with Crippen LogP contribution >= 0.6 is 11.3 Å². The molecular weight excluding hydrogens is 252 g/mol. The zero-order chi connectivity index (χ0) is 12.4. The molecule has 5 nitrogen and oxygen atoms in total. The molecule has 0 spiro atoms. The topological polar surface area (TPSA) is 68.3 Å². The molecule has 3 heterocycles. The van der Waals surface area contributed by atoms with Gasteiger partial charge in [0.15, 0.2) is 11.5 Å². The minimum absolute atomic E-state index is 0.216. The van der Waals surface area contributed by atoms with Gasteiger partial charge in [0.05, 0.1) is 11.1 Å². The highest BCUT2D eigenvalue weighted by Gasteiger charge is 2.12. The van der Waals surface area contributed by atoms with Crippen molar-refractivity contribution in [1.82, 2.24) is 5.16 Å². The lowest BCUT2D eigenvalue weighted by Gasteiger charge is -1.96. The summed E-state index contributed by atoms with van der Waals surface area (Å²) in [6.45, 7) is 0. The van der Waals surface area contributed by atoms with E-state index in [9.17, 15) is 4.79 Å². The summed E-state index contributed by atoms with van der Waals surface area (Å²) in [5.74, 6) is 0.669. The number of aromatic nitrogens is 1. The lowest BCUT2D eigenvalue weighted by atomic mass is 10.3. The molecule has 3 aromatic heterocycles. The maximum Gasteiger partial charge on any atom is 0.268 e. The number of rotatable bonds is 3. The largest absolute Gasteiger partial charge is 0.463 e. The number of nitrogens with one attached hydrogen (secondary N) is 1. The summed E-state index contributed by atoms with van der Waals surface area (Å²) in [7, 11) is 0. The lowest BCUT2D eigenvalue weighted by molar-refractivity contribution is 0.102. The molecule has 0 aliphatic rings. The molecule has 1 N–H and O–H groups in total. The van der Waals surface area contributed by atoms with E-state index >= 15 is 0 Å². The van der Waals surface area contributed by atoms with Crippen LogP contribution in [-0.2, 0) is 0 Å². The van der Waals surface area contributed by atoms with Crippen LogP contribution in [0.15, 0.2) is 50.9 Å². The second kappa shape index (κ2) is 4.50. The van der Waals surface area contributed by atoms with E-state index < -0.39 is 0 Å². The maximum absolute atomic E-state index is 11.8. The molecule has 0 saturated carbocycles. The highest BCUT2D eigenvalue weighted by atomic mass is 32.1. The number of hydrogen-bond donors (Lipinski definition) is 1. The Balaban J connectivity index is 1.76. The van der Waals surface area contributed by atoms with Crippen LogP contribution in [0, 0.1) is 0 Å². The van der Waals surface area contributed by atoms with E-state index in [0.29, 0.717) is 22.2 Å². The molecule has 0 atom stereocenters. The molecule has 0 bridgehead atoms. The summed E-state index contributed by atoms with van der Waals surface area (Å²) >= 11 is 1.36. The van der Waals surface area contributed by atoms with E-state index in [4.69, 9.17) is 8.94 Å². The smallest absolute Gasteiger partial charge is 0.268 e. The lowest BCUT2D eigenvalue weighted by Crippen LogP contribution is -2.09. The molecule has 0 unspecified atom stereocenters. The second-order valence-corrected chi connectivity index (χ2v) is 4.43. The van der Waals surface area contributed by atoms with Crippen LogP contribution < -0.4 is 5.32 Å². The van der Waals surface area contributed by atoms with Crippen LogP contribution in [0.5, 0.6) is 0 Å². The predicted octanol–water partition coefficient (Wildman–Crippen LogP) is 3.25. The van der Waals surface area contributed by atoms with Gasteiger partial charge in [-0.3, -0.25) is 10.1 Å². The first-order chi connectivity index (χ1) is 8.83. The van der Waals surface area contributed by atoms with Gasteiger partial charge in [-0.2, -0.15) is 0 Å².